The zero-order valence-electron chi connectivity index (χ0n) is 11.4. The van der Waals surface area contributed by atoms with Gasteiger partial charge in [-0.25, -0.2) is 0 Å². The van der Waals surface area contributed by atoms with Crippen LogP contribution in [-0.4, -0.2) is 6.29 Å². The number of benzene rings is 2. The molecule has 0 N–H and O–H groups in total. The third kappa shape index (κ3) is 4.52. The summed E-state index contributed by atoms with van der Waals surface area (Å²) in [6.45, 7) is 4.00. The normalized spacial score (nSPS) is 10.0. The summed E-state index contributed by atoms with van der Waals surface area (Å²) in [5.41, 5.74) is 2.34. The summed E-state index contributed by atoms with van der Waals surface area (Å²) in [4.78, 5) is 10.7. The molecule has 0 unspecified atom stereocenters. The Hall–Kier alpha value is -1.57. The molecule has 2 aromatic carbocycles. The molecular weight excluding hydrogens is 291 g/mol. The van der Waals surface area contributed by atoms with E-state index in [0.717, 1.165) is 17.4 Å². The summed E-state index contributed by atoms with van der Waals surface area (Å²) in [7, 11) is 0. The van der Waals surface area contributed by atoms with Crippen molar-refractivity contribution in [3.05, 3.63) is 69.2 Å². The summed E-state index contributed by atoms with van der Waals surface area (Å²) in [6, 6.07) is 12.7. The van der Waals surface area contributed by atoms with Crippen LogP contribution >= 0.6 is 23.2 Å². The first-order valence-electron chi connectivity index (χ1n) is 6.38. The van der Waals surface area contributed by atoms with E-state index in [4.69, 9.17) is 23.2 Å². The molecule has 2 rings (SSSR count). The van der Waals surface area contributed by atoms with E-state index in [0.29, 0.717) is 15.6 Å². The molecule has 104 valence electrons. The zero-order chi connectivity index (χ0) is 15.0. The molecule has 0 amide bonds. The highest BCUT2D eigenvalue weighted by Crippen LogP contribution is 2.26. The van der Waals surface area contributed by atoms with Gasteiger partial charge in [0.05, 0.1) is 0 Å². The highest BCUT2D eigenvalue weighted by molar-refractivity contribution is 6.37. The second-order valence-electron chi connectivity index (χ2n) is 3.76. The fourth-order valence-corrected chi connectivity index (χ4v) is 2.11. The number of hydrogen-bond acceptors (Lipinski definition) is 1. The predicted molar refractivity (Wildman–Crippen MR) is 88.6 cm³/mol. The lowest BCUT2D eigenvalue weighted by Crippen LogP contribution is -1.81. The summed E-state index contributed by atoms with van der Waals surface area (Å²) in [5, 5.41) is 1.20. The molecule has 0 spiro atoms. The number of aldehydes is 1. The molecule has 0 aliphatic rings. The Morgan fingerprint density at radius 2 is 1.40 bits per heavy atom. The fourth-order valence-electron chi connectivity index (χ4n) is 1.59. The number of carbonyl (C=O) groups is 1. The molecule has 20 heavy (non-hydrogen) atoms. The molecule has 0 radical (unpaired) electrons. The average Bonchev–Trinajstić information content (AvgIpc) is 2.49. The maximum absolute atomic E-state index is 10.7. The molecule has 0 fully saturated rings. The van der Waals surface area contributed by atoms with Crippen LogP contribution in [0.2, 0.25) is 10.0 Å². The summed E-state index contributed by atoms with van der Waals surface area (Å²) < 4.78 is 0. The maximum atomic E-state index is 10.7. The molecule has 0 heterocycles. The van der Waals surface area contributed by atoms with Crippen LogP contribution in [-0.2, 0) is 0 Å². The Morgan fingerprint density at radius 3 is 2.00 bits per heavy atom. The second-order valence-corrected chi connectivity index (χ2v) is 4.57. The minimum atomic E-state index is 0.602. The van der Waals surface area contributed by atoms with E-state index < -0.39 is 0 Å². The minimum Gasteiger partial charge on any atom is -0.298 e. The van der Waals surface area contributed by atoms with Crippen molar-refractivity contribution in [2.75, 3.05) is 0 Å². The van der Waals surface area contributed by atoms with Gasteiger partial charge in [-0.05, 0) is 23.8 Å². The van der Waals surface area contributed by atoms with Crippen molar-refractivity contribution in [1.29, 1.82) is 0 Å². The van der Waals surface area contributed by atoms with Crippen molar-refractivity contribution in [3.8, 4) is 0 Å². The van der Waals surface area contributed by atoms with Crippen molar-refractivity contribution in [1.82, 2.24) is 0 Å². The van der Waals surface area contributed by atoms with Gasteiger partial charge >= 0.3 is 0 Å². The molecule has 1 nitrogen and oxygen atoms in total. The number of rotatable bonds is 3. The van der Waals surface area contributed by atoms with Gasteiger partial charge < -0.3 is 0 Å². The maximum Gasteiger partial charge on any atom is 0.150 e. The van der Waals surface area contributed by atoms with E-state index in [1.165, 1.54) is 0 Å². The average molecular weight is 307 g/mol. The van der Waals surface area contributed by atoms with Gasteiger partial charge in [-0.15, -0.1) is 0 Å². The van der Waals surface area contributed by atoms with Crippen LogP contribution in [0.25, 0.3) is 12.2 Å². The van der Waals surface area contributed by atoms with E-state index in [9.17, 15) is 4.79 Å². The van der Waals surface area contributed by atoms with Crippen molar-refractivity contribution < 1.29 is 4.79 Å². The van der Waals surface area contributed by atoms with Gasteiger partial charge in [-0.2, -0.15) is 0 Å². The summed E-state index contributed by atoms with van der Waals surface area (Å²) in [6.07, 6.45) is 4.54. The van der Waals surface area contributed by atoms with Crippen LogP contribution in [0.5, 0.6) is 0 Å². The summed E-state index contributed by atoms with van der Waals surface area (Å²) >= 11 is 12.1. The van der Waals surface area contributed by atoms with Crippen molar-refractivity contribution >= 4 is 41.6 Å². The third-order valence-electron chi connectivity index (χ3n) is 2.49. The van der Waals surface area contributed by atoms with Crippen LogP contribution in [0.3, 0.4) is 0 Å². The highest BCUT2D eigenvalue weighted by atomic mass is 35.5. The van der Waals surface area contributed by atoms with Gasteiger partial charge in [0.25, 0.3) is 0 Å². The molecule has 0 bridgehead atoms. The number of hydrogen-bond donors (Lipinski definition) is 0. The smallest absolute Gasteiger partial charge is 0.150 e. The molecule has 3 heteroatoms. The lowest BCUT2D eigenvalue weighted by molar-refractivity contribution is 0.112. The van der Waals surface area contributed by atoms with Crippen LogP contribution in [0.4, 0.5) is 0 Å². The van der Waals surface area contributed by atoms with Crippen LogP contribution < -0.4 is 0 Å². The van der Waals surface area contributed by atoms with E-state index in [1.54, 1.807) is 30.3 Å². The SMILES string of the molecule is CC.O=Cc1cccc(/C=C/c2c(Cl)cccc2Cl)c1. The van der Waals surface area contributed by atoms with Crippen LogP contribution in [0.15, 0.2) is 42.5 Å². The van der Waals surface area contributed by atoms with Gasteiger partial charge in [0.1, 0.15) is 6.29 Å². The Balaban J connectivity index is 0.000000956. The quantitative estimate of drug-likeness (QED) is 0.502. The van der Waals surface area contributed by atoms with E-state index in [-0.39, 0.29) is 0 Å². The first-order valence-corrected chi connectivity index (χ1v) is 7.13. The van der Waals surface area contributed by atoms with Gasteiger partial charge in [0.2, 0.25) is 0 Å². The molecule has 2 aromatic rings. The first kappa shape index (κ1) is 16.5. The Kier molecular flexibility index (Phi) is 7.06. The molecule has 0 atom stereocenters. The molecule has 0 aromatic heterocycles. The minimum absolute atomic E-state index is 0.602. The predicted octanol–water partition coefficient (Wildman–Crippen LogP) is 6.00. The summed E-state index contributed by atoms with van der Waals surface area (Å²) in [5.74, 6) is 0. The van der Waals surface area contributed by atoms with Crippen LogP contribution in [0.1, 0.15) is 35.3 Å². The topological polar surface area (TPSA) is 17.1 Å². The molecule has 0 aliphatic heterocycles. The van der Waals surface area contributed by atoms with Crippen molar-refractivity contribution in [3.63, 3.8) is 0 Å². The fraction of sp³-hybridized carbons (Fsp3) is 0.118. The second kappa shape index (κ2) is 8.57. The molecular formula is C17H16Cl2O. The highest BCUT2D eigenvalue weighted by Gasteiger charge is 2.01. The molecule has 0 aliphatic carbocycles. The standard InChI is InChI=1S/C15H10Cl2O.C2H6/c16-14-5-2-6-15(17)13(14)8-7-11-3-1-4-12(9-11)10-18;1-2/h1-10H;1-2H3/b8-7+;. The molecule has 0 saturated carbocycles. The van der Waals surface area contributed by atoms with Crippen molar-refractivity contribution in [2.24, 2.45) is 0 Å². The van der Waals surface area contributed by atoms with E-state index >= 15 is 0 Å². The number of carbonyl (C=O) groups excluding carboxylic acids is 1. The van der Waals surface area contributed by atoms with Gasteiger partial charge in [-0.3, -0.25) is 4.79 Å². The van der Waals surface area contributed by atoms with Gasteiger partial charge in [0, 0.05) is 21.2 Å². The monoisotopic (exact) mass is 306 g/mol. The van der Waals surface area contributed by atoms with Crippen molar-refractivity contribution in [2.45, 2.75) is 13.8 Å². The first-order chi connectivity index (χ1) is 9.70. The number of halogens is 2. The van der Waals surface area contributed by atoms with Gasteiger partial charge in [-0.1, -0.05) is 73.5 Å². The Bertz CT molecular complexity index is 583. The Labute approximate surface area is 129 Å². The van der Waals surface area contributed by atoms with Gasteiger partial charge in [0.15, 0.2) is 0 Å². The lowest BCUT2D eigenvalue weighted by Gasteiger charge is -2.01. The largest absolute Gasteiger partial charge is 0.298 e. The lowest BCUT2D eigenvalue weighted by atomic mass is 10.1. The van der Waals surface area contributed by atoms with E-state index in [2.05, 4.69) is 0 Å². The van der Waals surface area contributed by atoms with E-state index in [1.807, 2.05) is 38.1 Å². The molecule has 0 saturated heterocycles. The zero-order valence-corrected chi connectivity index (χ0v) is 12.9. The third-order valence-corrected chi connectivity index (χ3v) is 3.15. The Morgan fingerprint density at radius 1 is 0.850 bits per heavy atom. The van der Waals surface area contributed by atoms with Crippen LogP contribution in [0, 0.1) is 0 Å².